The molecule has 0 saturated heterocycles. The molecule has 0 spiro atoms. The minimum atomic E-state index is -0.458. The summed E-state index contributed by atoms with van der Waals surface area (Å²) in [5.74, 6) is 1.11. The van der Waals surface area contributed by atoms with Gasteiger partial charge in [0.1, 0.15) is 11.5 Å². The highest BCUT2D eigenvalue weighted by atomic mass is 16.2. The lowest BCUT2D eigenvalue weighted by atomic mass is 9.95. The second-order valence-electron chi connectivity index (χ2n) is 10.4. The van der Waals surface area contributed by atoms with E-state index in [0.29, 0.717) is 45.6 Å². The van der Waals surface area contributed by atoms with Crippen molar-refractivity contribution >= 4 is 34.4 Å². The first-order chi connectivity index (χ1) is 19.1. The Bertz CT molecular complexity index is 1780. The molecule has 2 aromatic carbocycles. The largest absolute Gasteiger partial charge is 0.357 e. The smallest absolute Gasteiger partial charge is 0.323 e. The molecule has 0 unspecified atom stereocenters. The molecular formula is C30H30N8O2. The molecule has 0 saturated carbocycles. The third-order valence-corrected chi connectivity index (χ3v) is 6.36. The number of aryl methyl sites for hydroxylation is 1. The summed E-state index contributed by atoms with van der Waals surface area (Å²) < 4.78 is 1.49. The average molecular weight is 535 g/mol. The SMILES string of the molecule is CNc1ncc2cc(-c3cccc(NC(=O)Nc4cnc(C(C)(C)C)nc4-c4ccccc4)c3)c(=O)n(C)c2n1. The van der Waals surface area contributed by atoms with Crippen molar-refractivity contribution < 1.29 is 4.79 Å². The Labute approximate surface area is 231 Å². The van der Waals surface area contributed by atoms with Crippen molar-refractivity contribution in [1.82, 2.24) is 24.5 Å². The lowest BCUT2D eigenvalue weighted by Crippen LogP contribution is -2.22. The summed E-state index contributed by atoms with van der Waals surface area (Å²) in [7, 11) is 3.40. The van der Waals surface area contributed by atoms with Crippen LogP contribution in [-0.2, 0) is 12.5 Å². The Kier molecular flexibility index (Phi) is 7.00. The second kappa shape index (κ2) is 10.6. The summed E-state index contributed by atoms with van der Waals surface area (Å²) in [4.78, 5) is 44.2. The molecule has 40 heavy (non-hydrogen) atoms. The van der Waals surface area contributed by atoms with E-state index in [1.807, 2.05) is 57.2 Å². The highest BCUT2D eigenvalue weighted by molar-refractivity contribution is 6.02. The molecule has 3 aromatic heterocycles. The van der Waals surface area contributed by atoms with E-state index >= 15 is 0 Å². The molecule has 5 aromatic rings. The lowest BCUT2D eigenvalue weighted by Gasteiger charge is -2.19. The first-order valence-corrected chi connectivity index (χ1v) is 12.8. The molecule has 3 N–H and O–H groups in total. The zero-order valence-electron chi connectivity index (χ0n) is 23.0. The molecule has 10 nitrogen and oxygen atoms in total. The zero-order valence-corrected chi connectivity index (χ0v) is 23.0. The molecule has 3 heterocycles. The number of nitrogens with zero attached hydrogens (tertiary/aromatic N) is 5. The van der Waals surface area contributed by atoms with Gasteiger partial charge in [0.15, 0.2) is 0 Å². The quantitative estimate of drug-likeness (QED) is 0.274. The molecule has 0 aliphatic carbocycles. The number of urea groups is 1. The molecule has 202 valence electrons. The van der Waals surface area contributed by atoms with Crippen LogP contribution in [0.5, 0.6) is 0 Å². The Morgan fingerprint density at radius 3 is 2.35 bits per heavy atom. The van der Waals surface area contributed by atoms with Crippen molar-refractivity contribution in [2.24, 2.45) is 7.05 Å². The monoisotopic (exact) mass is 534 g/mol. The van der Waals surface area contributed by atoms with Crippen molar-refractivity contribution in [3.8, 4) is 22.4 Å². The number of fused-ring (bicyclic) bond motifs is 1. The van der Waals surface area contributed by atoms with Gasteiger partial charge in [0.2, 0.25) is 5.95 Å². The number of carbonyl (C=O) groups is 1. The molecule has 0 bridgehead atoms. The predicted octanol–water partition coefficient (Wildman–Crippen LogP) is 5.44. The Morgan fingerprint density at radius 1 is 0.875 bits per heavy atom. The van der Waals surface area contributed by atoms with Crippen molar-refractivity contribution in [2.45, 2.75) is 26.2 Å². The van der Waals surface area contributed by atoms with Crippen LogP contribution in [0.15, 0.2) is 77.9 Å². The normalized spacial score (nSPS) is 11.3. The number of hydrogen-bond acceptors (Lipinski definition) is 7. The van der Waals surface area contributed by atoms with Crippen molar-refractivity contribution in [1.29, 1.82) is 0 Å². The van der Waals surface area contributed by atoms with Gasteiger partial charge in [-0.3, -0.25) is 9.36 Å². The second-order valence-corrected chi connectivity index (χ2v) is 10.4. The maximum absolute atomic E-state index is 13.2. The van der Waals surface area contributed by atoms with Crippen molar-refractivity contribution in [2.75, 3.05) is 23.0 Å². The number of rotatable bonds is 5. The van der Waals surface area contributed by atoms with E-state index in [4.69, 9.17) is 4.98 Å². The van der Waals surface area contributed by atoms with E-state index in [1.165, 1.54) is 4.57 Å². The van der Waals surface area contributed by atoms with Gasteiger partial charge in [0.25, 0.3) is 5.56 Å². The van der Waals surface area contributed by atoms with Gasteiger partial charge >= 0.3 is 6.03 Å². The van der Waals surface area contributed by atoms with Crippen LogP contribution in [0.1, 0.15) is 26.6 Å². The van der Waals surface area contributed by atoms with Gasteiger partial charge in [-0.15, -0.1) is 0 Å². The summed E-state index contributed by atoms with van der Waals surface area (Å²) in [6.07, 6.45) is 3.30. The fourth-order valence-corrected chi connectivity index (χ4v) is 4.27. The fraction of sp³-hybridized carbons (Fsp3) is 0.200. The molecule has 5 rings (SSSR count). The first kappa shape index (κ1) is 26.5. The number of nitrogens with one attached hydrogen (secondary N) is 3. The van der Waals surface area contributed by atoms with Gasteiger partial charge in [-0.1, -0.05) is 63.2 Å². The maximum Gasteiger partial charge on any atom is 0.323 e. The van der Waals surface area contributed by atoms with Crippen LogP contribution in [0.4, 0.5) is 22.1 Å². The van der Waals surface area contributed by atoms with E-state index in [0.717, 1.165) is 10.9 Å². The topological polar surface area (TPSA) is 127 Å². The zero-order chi connectivity index (χ0) is 28.4. The Balaban J connectivity index is 1.43. The third-order valence-electron chi connectivity index (χ3n) is 6.36. The van der Waals surface area contributed by atoms with E-state index < -0.39 is 6.03 Å². The summed E-state index contributed by atoms with van der Waals surface area (Å²) in [5.41, 5.74) is 3.68. The number of aromatic nitrogens is 5. The van der Waals surface area contributed by atoms with Gasteiger partial charge in [-0.05, 0) is 23.8 Å². The first-order valence-electron chi connectivity index (χ1n) is 12.8. The molecule has 0 radical (unpaired) electrons. The average Bonchev–Trinajstić information content (AvgIpc) is 2.95. The van der Waals surface area contributed by atoms with E-state index in [1.54, 1.807) is 50.8 Å². The fourth-order valence-electron chi connectivity index (χ4n) is 4.27. The highest BCUT2D eigenvalue weighted by Crippen LogP contribution is 2.29. The van der Waals surface area contributed by atoms with Gasteiger partial charge in [-0.2, -0.15) is 4.98 Å². The van der Waals surface area contributed by atoms with Crippen LogP contribution in [0.25, 0.3) is 33.4 Å². The number of hydrogen-bond donors (Lipinski definition) is 3. The van der Waals surface area contributed by atoms with Crippen LogP contribution >= 0.6 is 0 Å². The molecule has 0 atom stereocenters. The van der Waals surface area contributed by atoms with Gasteiger partial charge in [0.05, 0.1) is 17.6 Å². The number of carbonyl (C=O) groups excluding carboxylic acids is 1. The number of pyridine rings is 1. The minimum absolute atomic E-state index is 0.210. The number of anilines is 3. The Hall–Kier alpha value is -5.12. The summed E-state index contributed by atoms with van der Waals surface area (Å²) in [5, 5.41) is 9.36. The molecule has 0 aliphatic rings. The van der Waals surface area contributed by atoms with Crippen LogP contribution < -0.4 is 21.5 Å². The van der Waals surface area contributed by atoms with Crippen LogP contribution in [-0.4, -0.2) is 37.6 Å². The lowest BCUT2D eigenvalue weighted by molar-refractivity contribution is 0.262. The van der Waals surface area contributed by atoms with Crippen molar-refractivity contribution in [3.63, 3.8) is 0 Å². The molecule has 0 aliphatic heterocycles. The van der Waals surface area contributed by atoms with Crippen LogP contribution in [0.2, 0.25) is 0 Å². The standard InChI is InChI=1S/C30H30N8O2/c1-30(2,3)27-32-17-23(24(36-27)18-10-7-6-8-11-18)35-29(40)34-21-13-9-12-19(14-21)22-15-20-16-33-28(31-4)37-25(20)38(5)26(22)39/h6-17H,1-5H3,(H,31,33,37)(H2,34,35,40). The van der Waals surface area contributed by atoms with Crippen LogP contribution in [0.3, 0.4) is 0 Å². The third kappa shape index (κ3) is 5.37. The maximum atomic E-state index is 13.2. The molecule has 2 amide bonds. The minimum Gasteiger partial charge on any atom is -0.357 e. The highest BCUT2D eigenvalue weighted by Gasteiger charge is 2.21. The Morgan fingerprint density at radius 2 is 1.62 bits per heavy atom. The predicted molar refractivity (Wildman–Crippen MR) is 159 cm³/mol. The summed E-state index contributed by atoms with van der Waals surface area (Å²) >= 11 is 0. The van der Waals surface area contributed by atoms with Gasteiger partial charge in [-0.25, -0.2) is 19.7 Å². The van der Waals surface area contributed by atoms with Gasteiger partial charge in [0, 0.05) is 47.9 Å². The van der Waals surface area contributed by atoms with E-state index in [2.05, 4.69) is 30.9 Å². The van der Waals surface area contributed by atoms with Gasteiger partial charge < -0.3 is 16.0 Å². The van der Waals surface area contributed by atoms with Crippen molar-refractivity contribution in [3.05, 3.63) is 89.2 Å². The summed E-state index contributed by atoms with van der Waals surface area (Å²) in [6, 6.07) is 18.1. The molecule has 0 fully saturated rings. The molecule has 10 heteroatoms. The van der Waals surface area contributed by atoms with E-state index in [9.17, 15) is 9.59 Å². The van der Waals surface area contributed by atoms with E-state index in [-0.39, 0.29) is 11.0 Å². The number of benzene rings is 2. The van der Waals surface area contributed by atoms with Crippen LogP contribution in [0, 0.1) is 0 Å². The number of amides is 2. The molecular weight excluding hydrogens is 504 g/mol. The summed E-state index contributed by atoms with van der Waals surface area (Å²) in [6.45, 7) is 6.12.